The van der Waals surface area contributed by atoms with Crippen molar-refractivity contribution in [1.29, 1.82) is 5.26 Å². The largest absolute Gasteiger partial charge is 0.496 e. The number of methoxy groups -OCH3 is 1. The fraction of sp³-hybridized carbons (Fsp3) is 0.227. The number of benzene rings is 2. The van der Waals surface area contributed by atoms with Crippen LogP contribution < -0.4 is 15.0 Å². The van der Waals surface area contributed by atoms with Crippen molar-refractivity contribution in [2.75, 3.05) is 43.5 Å². The standard InChI is InChI=1S/C22H21ClN8O2/c1-33-20-7-2-16(23)12-19(20)22(32)31-10-8-30(9-11-31)18-5-3-17(4-6-18)25-14-15(13-24)21-26-28-29-27-21/h2-7,12,14,25H,8-11H2,1H3,(H,26,27,28,29). The number of aromatic amines is 1. The molecule has 0 atom stereocenters. The van der Waals surface area contributed by atoms with E-state index in [1.54, 1.807) is 25.3 Å². The summed E-state index contributed by atoms with van der Waals surface area (Å²) in [4.78, 5) is 17.0. The van der Waals surface area contributed by atoms with Gasteiger partial charge in [0.15, 0.2) is 0 Å². The molecule has 1 aliphatic rings. The number of nitrogens with zero attached hydrogens (tertiary/aromatic N) is 6. The van der Waals surface area contributed by atoms with Gasteiger partial charge in [-0.1, -0.05) is 11.6 Å². The second-order valence-electron chi connectivity index (χ2n) is 7.22. The Hall–Kier alpha value is -4.10. The van der Waals surface area contributed by atoms with Crippen molar-refractivity contribution in [3.05, 3.63) is 65.1 Å². The molecule has 0 radical (unpaired) electrons. The summed E-state index contributed by atoms with van der Waals surface area (Å²) < 4.78 is 5.32. The van der Waals surface area contributed by atoms with Crippen LogP contribution in [0.2, 0.25) is 5.02 Å². The van der Waals surface area contributed by atoms with Crippen LogP contribution in [0.15, 0.2) is 48.7 Å². The lowest BCUT2D eigenvalue weighted by molar-refractivity contribution is 0.0743. The van der Waals surface area contributed by atoms with Gasteiger partial charge in [-0.2, -0.15) is 10.5 Å². The summed E-state index contributed by atoms with van der Waals surface area (Å²) in [5.74, 6) is 0.655. The van der Waals surface area contributed by atoms with E-state index in [-0.39, 0.29) is 17.3 Å². The number of nitriles is 1. The Morgan fingerprint density at radius 3 is 2.61 bits per heavy atom. The smallest absolute Gasteiger partial charge is 0.257 e. The molecule has 4 rings (SSSR count). The summed E-state index contributed by atoms with van der Waals surface area (Å²) in [5, 5.41) is 26.2. The Labute approximate surface area is 195 Å². The number of hydrogen-bond donors (Lipinski definition) is 2. The predicted molar refractivity (Wildman–Crippen MR) is 124 cm³/mol. The molecule has 33 heavy (non-hydrogen) atoms. The van der Waals surface area contributed by atoms with Gasteiger partial charge in [0, 0.05) is 48.8 Å². The molecule has 2 heterocycles. The van der Waals surface area contributed by atoms with Gasteiger partial charge in [0.05, 0.1) is 12.7 Å². The molecule has 168 valence electrons. The summed E-state index contributed by atoms with van der Waals surface area (Å²) in [6, 6.07) is 14.9. The lowest BCUT2D eigenvalue weighted by Crippen LogP contribution is -2.48. The van der Waals surface area contributed by atoms with Crippen LogP contribution in [-0.4, -0.2) is 64.7 Å². The van der Waals surface area contributed by atoms with Gasteiger partial charge in [-0.3, -0.25) is 4.79 Å². The molecular weight excluding hydrogens is 444 g/mol. The summed E-state index contributed by atoms with van der Waals surface area (Å²) >= 11 is 6.08. The summed E-state index contributed by atoms with van der Waals surface area (Å²) in [6.07, 6.45) is 1.54. The molecule has 1 saturated heterocycles. The van der Waals surface area contributed by atoms with Crippen molar-refractivity contribution in [2.45, 2.75) is 0 Å². The van der Waals surface area contributed by atoms with Crippen molar-refractivity contribution in [3.8, 4) is 11.8 Å². The van der Waals surface area contributed by atoms with Crippen molar-refractivity contribution in [2.24, 2.45) is 0 Å². The Bertz CT molecular complexity index is 1180. The highest BCUT2D eigenvalue weighted by Crippen LogP contribution is 2.26. The lowest BCUT2D eigenvalue weighted by Gasteiger charge is -2.36. The van der Waals surface area contributed by atoms with E-state index in [1.165, 1.54) is 6.20 Å². The van der Waals surface area contributed by atoms with Gasteiger partial charge in [-0.05, 0) is 47.7 Å². The van der Waals surface area contributed by atoms with Crippen LogP contribution in [0.5, 0.6) is 5.75 Å². The molecule has 3 aromatic rings. The maximum absolute atomic E-state index is 13.0. The highest BCUT2D eigenvalue weighted by Gasteiger charge is 2.24. The van der Waals surface area contributed by atoms with Gasteiger partial charge < -0.3 is 19.9 Å². The summed E-state index contributed by atoms with van der Waals surface area (Å²) in [7, 11) is 1.54. The number of tetrazole rings is 1. The highest BCUT2D eigenvalue weighted by molar-refractivity contribution is 6.31. The molecule has 0 bridgehead atoms. The molecule has 2 aromatic carbocycles. The maximum Gasteiger partial charge on any atom is 0.257 e. The fourth-order valence-corrected chi connectivity index (χ4v) is 3.70. The zero-order valence-corrected chi connectivity index (χ0v) is 18.6. The van der Waals surface area contributed by atoms with E-state index in [4.69, 9.17) is 16.3 Å². The monoisotopic (exact) mass is 464 g/mol. The first-order valence-electron chi connectivity index (χ1n) is 10.2. The third kappa shape index (κ3) is 5.05. The number of hydrogen-bond acceptors (Lipinski definition) is 8. The topological polar surface area (TPSA) is 123 Å². The van der Waals surface area contributed by atoms with Gasteiger partial charge in [0.2, 0.25) is 5.82 Å². The first-order chi connectivity index (χ1) is 16.1. The van der Waals surface area contributed by atoms with E-state index >= 15 is 0 Å². The van der Waals surface area contributed by atoms with Crippen molar-refractivity contribution in [3.63, 3.8) is 0 Å². The molecule has 1 amide bonds. The van der Waals surface area contributed by atoms with Crippen molar-refractivity contribution >= 4 is 34.5 Å². The molecule has 0 saturated carbocycles. The predicted octanol–water partition coefficient (Wildman–Crippen LogP) is 2.80. The van der Waals surface area contributed by atoms with E-state index < -0.39 is 0 Å². The maximum atomic E-state index is 13.0. The number of ether oxygens (including phenoxy) is 1. The van der Waals surface area contributed by atoms with Crippen LogP contribution in [-0.2, 0) is 0 Å². The summed E-state index contributed by atoms with van der Waals surface area (Å²) in [5.41, 5.74) is 2.61. The first-order valence-corrected chi connectivity index (χ1v) is 10.6. The molecule has 1 fully saturated rings. The number of rotatable bonds is 6. The molecule has 0 unspecified atom stereocenters. The van der Waals surface area contributed by atoms with Gasteiger partial charge in [0.25, 0.3) is 5.91 Å². The normalized spacial score (nSPS) is 14.0. The van der Waals surface area contributed by atoms with Crippen LogP contribution in [0, 0.1) is 11.3 Å². The molecule has 1 aromatic heterocycles. The zero-order chi connectivity index (χ0) is 23.2. The van der Waals surface area contributed by atoms with Crippen molar-refractivity contribution in [1.82, 2.24) is 25.5 Å². The van der Waals surface area contributed by atoms with Crippen LogP contribution in [0.1, 0.15) is 16.2 Å². The van der Waals surface area contributed by atoms with E-state index in [2.05, 4.69) is 30.8 Å². The van der Waals surface area contributed by atoms with Gasteiger partial charge in [0.1, 0.15) is 17.4 Å². The number of piperazine rings is 1. The van der Waals surface area contributed by atoms with E-state index in [9.17, 15) is 10.1 Å². The van der Waals surface area contributed by atoms with Crippen LogP contribution >= 0.6 is 11.6 Å². The Balaban J connectivity index is 1.36. The number of H-pyrrole nitrogens is 1. The Kier molecular flexibility index (Phi) is 6.71. The second-order valence-corrected chi connectivity index (χ2v) is 7.66. The fourth-order valence-electron chi connectivity index (χ4n) is 3.53. The third-order valence-electron chi connectivity index (χ3n) is 5.28. The Morgan fingerprint density at radius 1 is 1.21 bits per heavy atom. The van der Waals surface area contributed by atoms with E-state index in [0.29, 0.717) is 42.5 Å². The number of carbonyl (C=O) groups is 1. The highest BCUT2D eigenvalue weighted by atomic mass is 35.5. The molecule has 2 N–H and O–H groups in total. The number of carbonyl (C=O) groups excluding carboxylic acids is 1. The number of nitrogens with one attached hydrogen (secondary N) is 2. The Morgan fingerprint density at radius 2 is 1.97 bits per heavy atom. The molecule has 1 aliphatic heterocycles. The lowest BCUT2D eigenvalue weighted by atomic mass is 10.1. The molecule has 11 heteroatoms. The second kappa shape index (κ2) is 10.0. The number of aromatic nitrogens is 4. The number of amides is 1. The molecule has 10 nitrogen and oxygen atoms in total. The molecule has 0 spiro atoms. The van der Waals surface area contributed by atoms with E-state index in [0.717, 1.165) is 11.4 Å². The summed E-state index contributed by atoms with van der Waals surface area (Å²) in [6.45, 7) is 2.59. The minimum absolute atomic E-state index is 0.0877. The number of allylic oxidation sites excluding steroid dienone is 1. The number of anilines is 2. The molecular formula is C22H21ClN8O2. The van der Waals surface area contributed by atoms with Crippen LogP contribution in [0.3, 0.4) is 0 Å². The SMILES string of the molecule is COc1ccc(Cl)cc1C(=O)N1CCN(c2ccc(NC=C(C#N)c3nn[nH]n3)cc2)CC1. The minimum atomic E-state index is -0.0877. The molecule has 0 aliphatic carbocycles. The van der Waals surface area contributed by atoms with Crippen LogP contribution in [0.4, 0.5) is 11.4 Å². The van der Waals surface area contributed by atoms with Crippen molar-refractivity contribution < 1.29 is 9.53 Å². The average molecular weight is 465 g/mol. The number of halogens is 1. The zero-order valence-electron chi connectivity index (χ0n) is 17.8. The average Bonchev–Trinajstić information content (AvgIpc) is 3.39. The first kappa shape index (κ1) is 22.1. The van der Waals surface area contributed by atoms with Gasteiger partial charge in [-0.25, -0.2) is 0 Å². The third-order valence-corrected chi connectivity index (χ3v) is 5.52. The van der Waals surface area contributed by atoms with Gasteiger partial charge in [-0.15, -0.1) is 10.2 Å². The minimum Gasteiger partial charge on any atom is -0.496 e. The van der Waals surface area contributed by atoms with Gasteiger partial charge >= 0.3 is 0 Å². The van der Waals surface area contributed by atoms with E-state index in [1.807, 2.05) is 35.2 Å². The quantitative estimate of drug-likeness (QED) is 0.534. The van der Waals surface area contributed by atoms with Crippen LogP contribution in [0.25, 0.3) is 5.57 Å².